The maximum absolute atomic E-state index is 11.5. The highest BCUT2D eigenvalue weighted by atomic mass is 16.5. The minimum absolute atomic E-state index is 0.335. The molecular formula is C14H23N5O2. The van der Waals surface area contributed by atoms with Gasteiger partial charge in [0.15, 0.2) is 0 Å². The molecule has 1 amide bonds. The van der Waals surface area contributed by atoms with Crippen LogP contribution in [-0.2, 0) is 16.1 Å². The van der Waals surface area contributed by atoms with Gasteiger partial charge in [-0.3, -0.25) is 9.69 Å². The fourth-order valence-corrected chi connectivity index (χ4v) is 2.32. The number of aryl methyl sites for hydroxylation is 1. The van der Waals surface area contributed by atoms with Crippen molar-refractivity contribution in [1.29, 1.82) is 0 Å². The lowest BCUT2D eigenvalue weighted by Gasteiger charge is -2.32. The second-order valence-corrected chi connectivity index (χ2v) is 5.20. The van der Waals surface area contributed by atoms with E-state index in [1.54, 1.807) is 0 Å². The van der Waals surface area contributed by atoms with Crippen molar-refractivity contribution in [3.63, 3.8) is 0 Å². The normalized spacial score (nSPS) is 19.4. The van der Waals surface area contributed by atoms with Gasteiger partial charge in [-0.05, 0) is 13.3 Å². The van der Waals surface area contributed by atoms with Gasteiger partial charge in [0.2, 0.25) is 5.91 Å². The van der Waals surface area contributed by atoms with E-state index >= 15 is 0 Å². The molecule has 1 unspecified atom stereocenters. The molecule has 1 fully saturated rings. The van der Waals surface area contributed by atoms with E-state index in [0.717, 1.165) is 24.5 Å². The lowest BCUT2D eigenvalue weighted by Crippen LogP contribution is -2.52. The van der Waals surface area contributed by atoms with Crippen LogP contribution in [0.3, 0.4) is 0 Å². The summed E-state index contributed by atoms with van der Waals surface area (Å²) in [6.07, 6.45) is 1.03. The Labute approximate surface area is 124 Å². The Morgan fingerprint density at radius 2 is 2.38 bits per heavy atom. The van der Waals surface area contributed by atoms with Crippen molar-refractivity contribution >= 4 is 11.7 Å². The van der Waals surface area contributed by atoms with Gasteiger partial charge in [0.05, 0.1) is 19.8 Å². The van der Waals surface area contributed by atoms with Crippen LogP contribution in [-0.4, -0.2) is 53.1 Å². The summed E-state index contributed by atoms with van der Waals surface area (Å²) in [7, 11) is 0. The summed E-state index contributed by atoms with van der Waals surface area (Å²) in [5.74, 6) is 1.15. The Bertz CT molecular complexity index is 494. The summed E-state index contributed by atoms with van der Waals surface area (Å²) in [6, 6.07) is 1.51. The van der Waals surface area contributed by atoms with Crippen molar-refractivity contribution in [2.75, 3.05) is 31.6 Å². The summed E-state index contributed by atoms with van der Waals surface area (Å²) in [6.45, 7) is 7.00. The molecule has 2 rings (SSSR count). The maximum atomic E-state index is 11.5. The van der Waals surface area contributed by atoms with E-state index in [1.165, 1.54) is 0 Å². The third kappa shape index (κ3) is 4.37. The number of morpholine rings is 1. The second-order valence-electron chi connectivity index (χ2n) is 5.20. The highest BCUT2D eigenvalue weighted by molar-refractivity contribution is 5.80. The number of ether oxygens (including phenoxy) is 1. The van der Waals surface area contributed by atoms with E-state index in [-0.39, 0.29) is 5.91 Å². The molecule has 1 saturated heterocycles. The van der Waals surface area contributed by atoms with Crippen molar-refractivity contribution in [1.82, 2.24) is 14.9 Å². The average molecular weight is 293 g/mol. The third-order valence-corrected chi connectivity index (χ3v) is 3.37. The number of primary amides is 1. The molecule has 116 valence electrons. The van der Waals surface area contributed by atoms with Gasteiger partial charge in [-0.25, -0.2) is 9.97 Å². The molecule has 21 heavy (non-hydrogen) atoms. The Morgan fingerprint density at radius 3 is 3.10 bits per heavy atom. The minimum Gasteiger partial charge on any atom is -0.378 e. The zero-order chi connectivity index (χ0) is 15.2. The van der Waals surface area contributed by atoms with Crippen LogP contribution in [0.1, 0.15) is 24.9 Å². The molecule has 7 heteroatoms. The molecule has 7 nitrogen and oxygen atoms in total. The molecule has 1 atom stereocenters. The molecular weight excluding hydrogens is 270 g/mol. The van der Waals surface area contributed by atoms with Crippen molar-refractivity contribution in [2.45, 2.75) is 32.9 Å². The number of amides is 1. The molecule has 0 aromatic carbocycles. The van der Waals surface area contributed by atoms with Crippen molar-refractivity contribution < 1.29 is 9.53 Å². The lowest BCUT2D eigenvalue weighted by atomic mass is 10.2. The Morgan fingerprint density at radius 1 is 1.57 bits per heavy atom. The van der Waals surface area contributed by atoms with Gasteiger partial charge in [0.25, 0.3) is 0 Å². The first-order valence-electron chi connectivity index (χ1n) is 7.29. The third-order valence-electron chi connectivity index (χ3n) is 3.37. The van der Waals surface area contributed by atoms with Crippen molar-refractivity contribution in [3.8, 4) is 0 Å². The Balaban J connectivity index is 2.10. The van der Waals surface area contributed by atoms with Gasteiger partial charge in [-0.1, -0.05) is 6.92 Å². The van der Waals surface area contributed by atoms with E-state index in [0.29, 0.717) is 32.1 Å². The number of carbonyl (C=O) groups is 1. The van der Waals surface area contributed by atoms with Crippen LogP contribution < -0.4 is 11.1 Å². The number of nitrogens with one attached hydrogen (secondary N) is 1. The zero-order valence-electron chi connectivity index (χ0n) is 12.6. The summed E-state index contributed by atoms with van der Waals surface area (Å²) in [5.41, 5.74) is 6.33. The van der Waals surface area contributed by atoms with E-state index in [2.05, 4.69) is 22.2 Å². The van der Waals surface area contributed by atoms with Crippen molar-refractivity contribution in [2.24, 2.45) is 5.73 Å². The Hall–Kier alpha value is -1.73. The second kappa shape index (κ2) is 7.33. The highest BCUT2D eigenvalue weighted by Gasteiger charge is 2.28. The number of carbonyl (C=O) groups excluding carboxylic acids is 1. The number of rotatable bonds is 6. The fourth-order valence-electron chi connectivity index (χ4n) is 2.32. The largest absolute Gasteiger partial charge is 0.378 e. The van der Waals surface area contributed by atoms with E-state index in [4.69, 9.17) is 10.5 Å². The summed E-state index contributed by atoms with van der Waals surface area (Å²) in [4.78, 5) is 22.4. The number of aromatic nitrogens is 2. The molecule has 0 aliphatic carbocycles. The van der Waals surface area contributed by atoms with E-state index in [9.17, 15) is 4.79 Å². The first-order valence-corrected chi connectivity index (χ1v) is 7.29. The van der Waals surface area contributed by atoms with Crippen LogP contribution in [0.5, 0.6) is 0 Å². The van der Waals surface area contributed by atoms with Crippen LogP contribution in [0.15, 0.2) is 6.07 Å². The molecule has 1 aromatic heterocycles. The highest BCUT2D eigenvalue weighted by Crippen LogP contribution is 2.13. The first kappa shape index (κ1) is 15.7. The van der Waals surface area contributed by atoms with Gasteiger partial charge in [0.1, 0.15) is 17.7 Å². The number of hydrogen-bond acceptors (Lipinski definition) is 6. The van der Waals surface area contributed by atoms with Crippen LogP contribution in [0.4, 0.5) is 5.82 Å². The molecule has 1 aromatic rings. The lowest BCUT2D eigenvalue weighted by molar-refractivity contribution is -0.129. The predicted molar refractivity (Wildman–Crippen MR) is 79.8 cm³/mol. The molecule has 0 spiro atoms. The number of hydrogen-bond donors (Lipinski definition) is 2. The van der Waals surface area contributed by atoms with Gasteiger partial charge < -0.3 is 15.8 Å². The van der Waals surface area contributed by atoms with Crippen LogP contribution >= 0.6 is 0 Å². The number of anilines is 1. The van der Waals surface area contributed by atoms with Gasteiger partial charge in [-0.15, -0.1) is 0 Å². The van der Waals surface area contributed by atoms with Gasteiger partial charge in [0, 0.05) is 24.8 Å². The maximum Gasteiger partial charge on any atom is 0.237 e. The van der Waals surface area contributed by atoms with Crippen LogP contribution in [0.2, 0.25) is 0 Å². The summed E-state index contributed by atoms with van der Waals surface area (Å²) in [5, 5.41) is 3.26. The van der Waals surface area contributed by atoms with Crippen molar-refractivity contribution in [3.05, 3.63) is 17.6 Å². The van der Waals surface area contributed by atoms with E-state index < -0.39 is 6.04 Å². The monoisotopic (exact) mass is 293 g/mol. The summed E-state index contributed by atoms with van der Waals surface area (Å²) >= 11 is 0. The van der Waals surface area contributed by atoms with Crippen LogP contribution in [0.25, 0.3) is 0 Å². The fraction of sp³-hybridized carbons (Fsp3) is 0.643. The topological polar surface area (TPSA) is 93.4 Å². The minimum atomic E-state index is -0.407. The zero-order valence-corrected chi connectivity index (χ0v) is 12.6. The molecule has 1 aliphatic rings. The number of nitrogens with two attached hydrogens (primary N) is 1. The quantitative estimate of drug-likeness (QED) is 0.783. The number of nitrogens with zero attached hydrogens (tertiary/aromatic N) is 3. The average Bonchev–Trinajstić information content (AvgIpc) is 2.45. The molecule has 0 saturated carbocycles. The molecule has 1 aliphatic heterocycles. The molecule has 2 heterocycles. The van der Waals surface area contributed by atoms with Crippen LogP contribution in [0, 0.1) is 6.92 Å². The van der Waals surface area contributed by atoms with Gasteiger partial charge >= 0.3 is 0 Å². The smallest absolute Gasteiger partial charge is 0.237 e. The molecule has 0 bridgehead atoms. The van der Waals surface area contributed by atoms with Gasteiger partial charge in [-0.2, -0.15) is 0 Å². The molecule has 0 radical (unpaired) electrons. The summed E-state index contributed by atoms with van der Waals surface area (Å²) < 4.78 is 5.32. The Kier molecular flexibility index (Phi) is 5.46. The SMILES string of the molecule is CCCNc1cc(C)nc(CN2CCOCC2C(N)=O)n1. The predicted octanol–water partition coefficient (Wildman–Crippen LogP) is 0.293. The first-order chi connectivity index (χ1) is 10.1. The van der Waals surface area contributed by atoms with E-state index in [1.807, 2.05) is 17.9 Å². The molecule has 3 N–H and O–H groups in total. The standard InChI is InChI=1S/C14H23N5O2/c1-3-4-16-12-7-10(2)17-13(18-12)8-19-5-6-21-9-11(19)14(15)20/h7,11H,3-6,8-9H2,1-2H3,(H2,15,20)(H,16,17,18).